The van der Waals surface area contributed by atoms with Gasteiger partial charge in [-0.25, -0.2) is 0 Å². The predicted octanol–water partition coefficient (Wildman–Crippen LogP) is 0.427. The zero-order valence-electron chi connectivity index (χ0n) is 11.7. The van der Waals surface area contributed by atoms with E-state index in [1.54, 1.807) is 19.9 Å². The number of carbonyl (C=O) groups excluding carboxylic acids is 2. The van der Waals surface area contributed by atoms with E-state index in [0.717, 1.165) is 0 Å². The summed E-state index contributed by atoms with van der Waals surface area (Å²) in [7, 11) is 0. The molecule has 0 aromatic carbocycles. The summed E-state index contributed by atoms with van der Waals surface area (Å²) in [6, 6.07) is -0.807. The average molecular weight is 255 g/mol. The van der Waals surface area contributed by atoms with Crippen molar-refractivity contribution in [1.82, 2.24) is 16.0 Å². The monoisotopic (exact) mass is 255 g/mol. The van der Waals surface area contributed by atoms with Gasteiger partial charge in [0.05, 0.1) is 12.1 Å². The van der Waals surface area contributed by atoms with Gasteiger partial charge in [0, 0.05) is 13.1 Å². The topological polar surface area (TPSA) is 70.2 Å². The molecule has 0 aliphatic heterocycles. The van der Waals surface area contributed by atoms with Crippen molar-refractivity contribution in [2.45, 2.75) is 39.8 Å². The van der Waals surface area contributed by atoms with Gasteiger partial charge in [-0.2, -0.15) is 0 Å². The van der Waals surface area contributed by atoms with E-state index in [-0.39, 0.29) is 11.8 Å². The molecule has 0 aromatic rings. The number of nitrogens with one attached hydrogen (secondary N) is 3. The maximum absolute atomic E-state index is 11.7. The summed E-state index contributed by atoms with van der Waals surface area (Å²) >= 11 is 0. The van der Waals surface area contributed by atoms with E-state index >= 15 is 0 Å². The number of carbonyl (C=O) groups is 2. The fraction of sp³-hybridized carbons (Fsp3) is 0.692. The molecule has 0 aliphatic carbocycles. The van der Waals surface area contributed by atoms with Crippen molar-refractivity contribution in [3.05, 3.63) is 12.7 Å². The van der Waals surface area contributed by atoms with Gasteiger partial charge < -0.3 is 10.6 Å². The molecule has 0 fully saturated rings. The molecule has 0 radical (unpaired) electrons. The molecule has 5 heteroatoms. The third-order valence-electron chi connectivity index (χ3n) is 2.39. The first-order chi connectivity index (χ1) is 8.38. The van der Waals surface area contributed by atoms with E-state index in [1.165, 1.54) is 0 Å². The lowest BCUT2D eigenvalue weighted by molar-refractivity contribution is -0.125. The van der Waals surface area contributed by atoms with Crippen LogP contribution in [0.3, 0.4) is 0 Å². The molecule has 0 saturated carbocycles. The largest absolute Gasteiger partial charge is 0.354 e. The quantitative estimate of drug-likeness (QED) is 0.551. The second-order valence-electron chi connectivity index (χ2n) is 4.78. The van der Waals surface area contributed by atoms with Crippen LogP contribution in [-0.2, 0) is 9.59 Å². The Hall–Kier alpha value is -1.36. The van der Waals surface area contributed by atoms with Crippen LogP contribution >= 0.6 is 0 Å². The molecule has 0 saturated heterocycles. The maximum atomic E-state index is 11.7. The van der Waals surface area contributed by atoms with Crippen LogP contribution < -0.4 is 16.0 Å². The standard InChI is InChI=1S/C13H25N3O2/c1-6-7-14-12(17)10(4)16-11(5)13(18)15-8-9(2)3/h6,9-11,16H,1,7-8H2,2-5H3,(H,14,17)(H,15,18). The van der Waals surface area contributed by atoms with Crippen molar-refractivity contribution in [2.75, 3.05) is 13.1 Å². The molecule has 18 heavy (non-hydrogen) atoms. The Kier molecular flexibility index (Phi) is 8.03. The fourth-order valence-corrected chi connectivity index (χ4v) is 1.31. The Labute approximate surface area is 109 Å². The van der Waals surface area contributed by atoms with Crippen LogP contribution in [0.4, 0.5) is 0 Å². The van der Waals surface area contributed by atoms with Crippen molar-refractivity contribution < 1.29 is 9.59 Å². The number of hydrogen-bond acceptors (Lipinski definition) is 3. The molecule has 0 heterocycles. The molecule has 0 aromatic heterocycles. The summed E-state index contributed by atoms with van der Waals surface area (Å²) in [4.78, 5) is 23.3. The molecule has 2 atom stereocenters. The lowest BCUT2D eigenvalue weighted by Gasteiger charge is -2.19. The molecule has 0 aliphatic rings. The normalized spacial score (nSPS) is 13.8. The van der Waals surface area contributed by atoms with E-state index in [0.29, 0.717) is 19.0 Å². The minimum absolute atomic E-state index is 0.0907. The Bertz CT molecular complexity index is 290. The van der Waals surface area contributed by atoms with Gasteiger partial charge in [0.1, 0.15) is 0 Å². The molecule has 0 rings (SSSR count). The zero-order chi connectivity index (χ0) is 14.1. The first kappa shape index (κ1) is 16.6. The van der Waals surface area contributed by atoms with Crippen molar-refractivity contribution in [3.8, 4) is 0 Å². The maximum Gasteiger partial charge on any atom is 0.237 e. The second-order valence-corrected chi connectivity index (χ2v) is 4.78. The lowest BCUT2D eigenvalue weighted by atomic mass is 10.2. The number of rotatable bonds is 8. The summed E-state index contributed by atoms with van der Waals surface area (Å²) in [6.45, 7) is 12.1. The van der Waals surface area contributed by atoms with E-state index in [2.05, 4.69) is 22.5 Å². The van der Waals surface area contributed by atoms with Crippen molar-refractivity contribution in [1.29, 1.82) is 0 Å². The van der Waals surface area contributed by atoms with Crippen LogP contribution in [0.5, 0.6) is 0 Å². The summed E-state index contributed by atoms with van der Waals surface area (Å²) in [5.74, 6) is 0.181. The SMILES string of the molecule is C=CCNC(=O)C(C)NC(C)C(=O)NCC(C)C. The molecule has 104 valence electrons. The first-order valence-electron chi connectivity index (χ1n) is 6.30. The van der Waals surface area contributed by atoms with Crippen LogP contribution in [0.15, 0.2) is 12.7 Å². The third-order valence-corrected chi connectivity index (χ3v) is 2.39. The van der Waals surface area contributed by atoms with E-state index in [4.69, 9.17) is 0 Å². The fourth-order valence-electron chi connectivity index (χ4n) is 1.31. The van der Waals surface area contributed by atoms with Crippen molar-refractivity contribution in [3.63, 3.8) is 0 Å². The van der Waals surface area contributed by atoms with Gasteiger partial charge in [-0.1, -0.05) is 19.9 Å². The summed E-state index contributed by atoms with van der Waals surface area (Å²) in [5.41, 5.74) is 0. The number of hydrogen-bond donors (Lipinski definition) is 3. The van der Waals surface area contributed by atoms with Gasteiger partial charge >= 0.3 is 0 Å². The number of amides is 2. The molecule has 2 amide bonds. The highest BCUT2D eigenvalue weighted by Gasteiger charge is 2.19. The average Bonchev–Trinajstić information content (AvgIpc) is 2.32. The highest BCUT2D eigenvalue weighted by atomic mass is 16.2. The van der Waals surface area contributed by atoms with Gasteiger partial charge in [0.2, 0.25) is 11.8 Å². The van der Waals surface area contributed by atoms with Gasteiger partial charge in [-0.3, -0.25) is 14.9 Å². The summed E-state index contributed by atoms with van der Waals surface area (Å²) in [6.07, 6.45) is 1.61. The molecule has 0 bridgehead atoms. The molecule has 2 unspecified atom stereocenters. The van der Waals surface area contributed by atoms with Crippen molar-refractivity contribution >= 4 is 11.8 Å². The summed E-state index contributed by atoms with van der Waals surface area (Å²) < 4.78 is 0. The van der Waals surface area contributed by atoms with Crippen LogP contribution in [0.1, 0.15) is 27.7 Å². The minimum Gasteiger partial charge on any atom is -0.354 e. The highest BCUT2D eigenvalue weighted by molar-refractivity contribution is 5.84. The molecular weight excluding hydrogens is 230 g/mol. The second kappa shape index (κ2) is 8.69. The molecule has 3 N–H and O–H groups in total. The highest BCUT2D eigenvalue weighted by Crippen LogP contribution is 1.91. The Morgan fingerprint density at radius 2 is 1.56 bits per heavy atom. The van der Waals surface area contributed by atoms with Crippen LogP contribution in [0.2, 0.25) is 0 Å². The molecule has 0 spiro atoms. The molecular formula is C13H25N3O2. The third kappa shape index (κ3) is 7.06. The first-order valence-corrected chi connectivity index (χ1v) is 6.30. The van der Waals surface area contributed by atoms with Crippen LogP contribution in [0, 0.1) is 5.92 Å². The molecule has 5 nitrogen and oxygen atoms in total. The van der Waals surface area contributed by atoms with Crippen molar-refractivity contribution in [2.24, 2.45) is 5.92 Å². The Morgan fingerprint density at radius 1 is 1.06 bits per heavy atom. The zero-order valence-corrected chi connectivity index (χ0v) is 11.7. The van der Waals surface area contributed by atoms with Crippen LogP contribution in [0.25, 0.3) is 0 Å². The Balaban J connectivity index is 4.05. The van der Waals surface area contributed by atoms with Gasteiger partial charge in [-0.05, 0) is 19.8 Å². The van der Waals surface area contributed by atoms with Gasteiger partial charge in [0.25, 0.3) is 0 Å². The van der Waals surface area contributed by atoms with Gasteiger partial charge in [-0.15, -0.1) is 6.58 Å². The van der Waals surface area contributed by atoms with E-state index < -0.39 is 12.1 Å². The van der Waals surface area contributed by atoms with E-state index in [1.807, 2.05) is 13.8 Å². The lowest BCUT2D eigenvalue weighted by Crippen LogP contribution is -2.51. The Morgan fingerprint density at radius 3 is 2.00 bits per heavy atom. The van der Waals surface area contributed by atoms with Crippen LogP contribution in [-0.4, -0.2) is 37.0 Å². The van der Waals surface area contributed by atoms with E-state index in [9.17, 15) is 9.59 Å². The minimum atomic E-state index is -0.412. The summed E-state index contributed by atoms with van der Waals surface area (Å²) in [5, 5.41) is 8.45. The smallest absolute Gasteiger partial charge is 0.237 e. The van der Waals surface area contributed by atoms with Gasteiger partial charge in [0.15, 0.2) is 0 Å². The predicted molar refractivity (Wildman–Crippen MR) is 73.1 cm³/mol.